The summed E-state index contributed by atoms with van der Waals surface area (Å²) in [4.78, 5) is 21.9. The molecule has 7 nitrogen and oxygen atoms in total. The highest BCUT2D eigenvalue weighted by Gasteiger charge is 2.13. The minimum absolute atomic E-state index is 0.0529. The van der Waals surface area contributed by atoms with E-state index in [9.17, 15) is 9.59 Å². The number of nitrogens with one attached hydrogen (secondary N) is 1. The van der Waals surface area contributed by atoms with E-state index in [1.807, 2.05) is 13.8 Å². The zero-order valence-corrected chi connectivity index (χ0v) is 9.17. The molecule has 1 atom stereocenters. The molecule has 7 heteroatoms. The van der Waals surface area contributed by atoms with E-state index in [-0.39, 0.29) is 24.2 Å². The minimum atomic E-state index is -1.03. The quantitative estimate of drug-likeness (QED) is 0.730. The first-order chi connectivity index (χ1) is 7.52. The molecule has 2 N–H and O–H groups in total. The largest absolute Gasteiger partial charge is 0.480 e. The number of hydrogen-bond donors (Lipinski definition) is 2. The fraction of sp³-hybridized carbons (Fsp3) is 0.556. The van der Waals surface area contributed by atoms with Crippen molar-refractivity contribution in [3.63, 3.8) is 0 Å². The Morgan fingerprint density at radius 3 is 2.88 bits per heavy atom. The Hall–Kier alpha value is -1.92. The highest BCUT2D eigenvalue weighted by atomic mass is 16.4. The van der Waals surface area contributed by atoms with Crippen molar-refractivity contribution in [2.75, 3.05) is 0 Å². The molecule has 0 saturated carbocycles. The van der Waals surface area contributed by atoms with Crippen molar-refractivity contribution in [3.8, 4) is 0 Å². The lowest BCUT2D eigenvalue weighted by Gasteiger charge is -2.08. The van der Waals surface area contributed by atoms with Gasteiger partial charge in [-0.15, -0.1) is 5.10 Å². The van der Waals surface area contributed by atoms with Crippen molar-refractivity contribution in [1.82, 2.24) is 20.3 Å². The van der Waals surface area contributed by atoms with Crippen molar-refractivity contribution < 1.29 is 14.7 Å². The van der Waals surface area contributed by atoms with Gasteiger partial charge < -0.3 is 10.4 Å². The Bertz CT molecular complexity index is 388. The van der Waals surface area contributed by atoms with Gasteiger partial charge in [0, 0.05) is 6.04 Å². The molecule has 88 valence electrons. The smallest absolute Gasteiger partial charge is 0.325 e. The summed E-state index contributed by atoms with van der Waals surface area (Å²) in [6, 6.07) is 0.0529. The molecule has 0 bridgehead atoms. The van der Waals surface area contributed by atoms with Crippen molar-refractivity contribution >= 4 is 11.9 Å². The van der Waals surface area contributed by atoms with Crippen LogP contribution in [0.25, 0.3) is 0 Å². The van der Waals surface area contributed by atoms with E-state index in [0.29, 0.717) is 0 Å². The third-order valence-corrected chi connectivity index (χ3v) is 2.06. The van der Waals surface area contributed by atoms with E-state index in [1.54, 1.807) is 0 Å². The third kappa shape index (κ3) is 3.34. The molecule has 1 amide bonds. The maximum absolute atomic E-state index is 11.5. The SMILES string of the molecule is CCC(C)NC(=O)c1cn(CC(=O)O)nn1. The molecule has 1 heterocycles. The van der Waals surface area contributed by atoms with E-state index < -0.39 is 5.97 Å². The summed E-state index contributed by atoms with van der Waals surface area (Å²) in [5.74, 6) is -1.37. The van der Waals surface area contributed by atoms with Crippen LogP contribution >= 0.6 is 0 Å². The fourth-order valence-corrected chi connectivity index (χ4v) is 1.02. The fourth-order valence-electron chi connectivity index (χ4n) is 1.02. The minimum Gasteiger partial charge on any atom is -0.480 e. The molecular formula is C9H14N4O3. The van der Waals surface area contributed by atoms with Gasteiger partial charge in [0.15, 0.2) is 5.69 Å². The van der Waals surface area contributed by atoms with Crippen LogP contribution in [0.1, 0.15) is 30.8 Å². The molecule has 1 unspecified atom stereocenters. The predicted molar refractivity (Wildman–Crippen MR) is 54.9 cm³/mol. The maximum Gasteiger partial charge on any atom is 0.325 e. The van der Waals surface area contributed by atoms with Crippen LogP contribution in [-0.2, 0) is 11.3 Å². The van der Waals surface area contributed by atoms with Gasteiger partial charge >= 0.3 is 5.97 Å². The molecule has 0 aliphatic heterocycles. The first-order valence-corrected chi connectivity index (χ1v) is 4.95. The summed E-state index contributed by atoms with van der Waals surface area (Å²) >= 11 is 0. The van der Waals surface area contributed by atoms with E-state index in [0.717, 1.165) is 11.1 Å². The first kappa shape index (κ1) is 12.2. The van der Waals surface area contributed by atoms with Gasteiger partial charge in [0.25, 0.3) is 5.91 Å². The number of nitrogens with zero attached hydrogens (tertiary/aromatic N) is 3. The number of aromatic nitrogens is 3. The predicted octanol–water partition coefficient (Wildman–Crippen LogP) is -0.109. The van der Waals surface area contributed by atoms with Crippen LogP contribution in [0, 0.1) is 0 Å². The average molecular weight is 226 g/mol. The molecule has 0 radical (unpaired) electrons. The Kier molecular flexibility index (Phi) is 3.98. The number of amides is 1. The Morgan fingerprint density at radius 1 is 1.62 bits per heavy atom. The highest BCUT2D eigenvalue weighted by Crippen LogP contribution is 1.96. The lowest BCUT2D eigenvalue weighted by molar-refractivity contribution is -0.137. The summed E-state index contributed by atoms with van der Waals surface area (Å²) in [6.45, 7) is 3.52. The lowest BCUT2D eigenvalue weighted by atomic mass is 10.2. The molecule has 0 spiro atoms. The lowest BCUT2D eigenvalue weighted by Crippen LogP contribution is -2.32. The van der Waals surface area contributed by atoms with Crippen molar-refractivity contribution in [2.45, 2.75) is 32.9 Å². The second kappa shape index (κ2) is 5.24. The van der Waals surface area contributed by atoms with Gasteiger partial charge in [0.05, 0.1) is 6.20 Å². The number of carbonyl (C=O) groups excluding carboxylic acids is 1. The number of carbonyl (C=O) groups is 2. The van der Waals surface area contributed by atoms with E-state index >= 15 is 0 Å². The van der Waals surface area contributed by atoms with E-state index in [4.69, 9.17) is 5.11 Å². The number of hydrogen-bond acceptors (Lipinski definition) is 4. The van der Waals surface area contributed by atoms with Crippen LogP contribution < -0.4 is 5.32 Å². The summed E-state index contributed by atoms with van der Waals surface area (Å²) < 4.78 is 1.11. The molecule has 0 aliphatic carbocycles. The number of carboxylic acids is 1. The van der Waals surface area contributed by atoms with Gasteiger partial charge in [-0.05, 0) is 13.3 Å². The van der Waals surface area contributed by atoms with Crippen LogP contribution in [0.15, 0.2) is 6.20 Å². The Morgan fingerprint density at radius 2 is 2.31 bits per heavy atom. The van der Waals surface area contributed by atoms with Crippen molar-refractivity contribution in [3.05, 3.63) is 11.9 Å². The van der Waals surface area contributed by atoms with Crippen LogP contribution in [0.3, 0.4) is 0 Å². The third-order valence-electron chi connectivity index (χ3n) is 2.06. The maximum atomic E-state index is 11.5. The second-order valence-corrected chi connectivity index (χ2v) is 3.48. The monoisotopic (exact) mass is 226 g/mol. The van der Waals surface area contributed by atoms with Gasteiger partial charge in [-0.25, -0.2) is 4.68 Å². The van der Waals surface area contributed by atoms with Gasteiger partial charge in [0.1, 0.15) is 6.54 Å². The zero-order valence-electron chi connectivity index (χ0n) is 9.17. The van der Waals surface area contributed by atoms with E-state index in [1.165, 1.54) is 6.20 Å². The summed E-state index contributed by atoms with van der Waals surface area (Å²) in [5, 5.41) is 18.3. The average Bonchev–Trinajstić information content (AvgIpc) is 2.65. The zero-order chi connectivity index (χ0) is 12.1. The van der Waals surface area contributed by atoms with E-state index in [2.05, 4.69) is 15.6 Å². The second-order valence-electron chi connectivity index (χ2n) is 3.48. The van der Waals surface area contributed by atoms with Gasteiger partial charge in [-0.2, -0.15) is 0 Å². The summed E-state index contributed by atoms with van der Waals surface area (Å²) in [6.07, 6.45) is 2.13. The van der Waals surface area contributed by atoms with Crippen LogP contribution in [-0.4, -0.2) is 38.0 Å². The van der Waals surface area contributed by atoms with Gasteiger partial charge in [-0.3, -0.25) is 9.59 Å². The van der Waals surface area contributed by atoms with Crippen LogP contribution in [0.2, 0.25) is 0 Å². The molecular weight excluding hydrogens is 212 g/mol. The molecule has 1 aromatic rings. The molecule has 16 heavy (non-hydrogen) atoms. The molecule has 0 fully saturated rings. The molecule has 1 aromatic heterocycles. The number of carboxylic acid groups (broad SMARTS) is 1. The Labute approximate surface area is 92.4 Å². The summed E-state index contributed by atoms with van der Waals surface area (Å²) in [7, 11) is 0. The van der Waals surface area contributed by atoms with Crippen LogP contribution in [0.4, 0.5) is 0 Å². The summed E-state index contributed by atoms with van der Waals surface area (Å²) in [5.41, 5.74) is 0.126. The molecule has 0 aliphatic rings. The van der Waals surface area contributed by atoms with Gasteiger partial charge in [0.2, 0.25) is 0 Å². The number of rotatable bonds is 5. The number of aliphatic carboxylic acids is 1. The molecule has 0 saturated heterocycles. The van der Waals surface area contributed by atoms with Crippen molar-refractivity contribution in [2.24, 2.45) is 0 Å². The van der Waals surface area contributed by atoms with Crippen LogP contribution in [0.5, 0.6) is 0 Å². The van der Waals surface area contributed by atoms with Crippen molar-refractivity contribution in [1.29, 1.82) is 0 Å². The normalized spacial score (nSPS) is 12.1. The first-order valence-electron chi connectivity index (χ1n) is 4.95. The molecule has 1 rings (SSSR count). The standard InChI is InChI=1S/C9H14N4O3/c1-3-6(2)10-9(16)7-4-13(12-11-7)5-8(14)15/h4,6H,3,5H2,1-2H3,(H,10,16)(H,14,15). The highest BCUT2D eigenvalue weighted by molar-refractivity contribution is 5.92. The topological polar surface area (TPSA) is 97.1 Å². The molecule has 0 aromatic carbocycles. The Balaban J connectivity index is 2.63. The van der Waals surface area contributed by atoms with Gasteiger partial charge in [-0.1, -0.05) is 12.1 Å².